The second kappa shape index (κ2) is 8.00. The molecule has 2 atom stereocenters. The van der Waals surface area contributed by atoms with Crippen molar-refractivity contribution in [2.45, 2.75) is 13.8 Å². The van der Waals surface area contributed by atoms with E-state index in [1.165, 1.54) is 46.0 Å². The average molecular weight is 430 g/mol. The Balaban J connectivity index is 2.21. The van der Waals surface area contributed by atoms with Gasteiger partial charge in [-0.1, -0.05) is 79.1 Å². The van der Waals surface area contributed by atoms with Crippen molar-refractivity contribution >= 4 is 57.6 Å². The smallest absolute Gasteiger partial charge is 0.108 e. The number of rotatable bonds is 5. The molecule has 0 aromatic heterocycles. The summed E-state index contributed by atoms with van der Waals surface area (Å²) in [6.45, 7) is 6.78. The SMILES string of the molecule is C=PCC1=C([P+](=C)C)[Si](c2ccccc2)(c2ccc(C)c(C)c2)c2ccccc21. The highest BCUT2D eigenvalue weighted by molar-refractivity contribution is 7.66. The third-order valence-electron chi connectivity index (χ3n) is 6.10. The van der Waals surface area contributed by atoms with E-state index < -0.39 is 15.6 Å². The Labute approximate surface area is 178 Å². The topological polar surface area (TPSA) is 0 Å². The Morgan fingerprint density at radius 1 is 0.862 bits per heavy atom. The summed E-state index contributed by atoms with van der Waals surface area (Å²) in [5.74, 6) is 0. The molecule has 3 heteroatoms. The van der Waals surface area contributed by atoms with Crippen LogP contribution in [0.5, 0.6) is 0 Å². The predicted molar refractivity (Wildman–Crippen MR) is 139 cm³/mol. The summed E-state index contributed by atoms with van der Waals surface area (Å²) in [5, 5.41) is 4.49. The summed E-state index contributed by atoms with van der Waals surface area (Å²) < 4.78 is 0. The maximum atomic E-state index is 4.64. The van der Waals surface area contributed by atoms with E-state index in [0.717, 1.165) is 6.16 Å². The van der Waals surface area contributed by atoms with Crippen LogP contribution in [0.25, 0.3) is 5.57 Å². The lowest BCUT2D eigenvalue weighted by atomic mass is 10.1. The summed E-state index contributed by atoms with van der Waals surface area (Å²) in [5.41, 5.74) is 5.67. The molecule has 0 bridgehead atoms. The van der Waals surface area contributed by atoms with Gasteiger partial charge < -0.3 is 0 Å². The first-order valence-corrected chi connectivity index (χ1v) is 15.2. The Morgan fingerprint density at radius 3 is 2.21 bits per heavy atom. The molecule has 0 aliphatic carbocycles. The van der Waals surface area contributed by atoms with Crippen LogP contribution in [0.4, 0.5) is 0 Å². The molecule has 0 N–H and O–H groups in total. The number of fused-ring (bicyclic) bond motifs is 1. The highest BCUT2D eigenvalue weighted by atomic mass is 31.1. The minimum absolute atomic E-state index is 0.492. The molecule has 3 aromatic rings. The number of benzene rings is 3. The van der Waals surface area contributed by atoms with Gasteiger partial charge in [-0.05, 0) is 46.1 Å². The fraction of sp³-hybridized carbons (Fsp3) is 0.154. The van der Waals surface area contributed by atoms with E-state index in [9.17, 15) is 0 Å². The molecular weight excluding hydrogens is 402 g/mol. The van der Waals surface area contributed by atoms with E-state index >= 15 is 0 Å². The molecule has 0 saturated carbocycles. The molecule has 0 radical (unpaired) electrons. The molecule has 29 heavy (non-hydrogen) atoms. The van der Waals surface area contributed by atoms with Crippen LogP contribution in [0.1, 0.15) is 16.7 Å². The molecule has 1 heterocycles. The van der Waals surface area contributed by atoms with Gasteiger partial charge in [0, 0.05) is 11.7 Å². The first-order chi connectivity index (χ1) is 14.0. The summed E-state index contributed by atoms with van der Waals surface area (Å²) >= 11 is 0. The van der Waals surface area contributed by atoms with Crippen LogP contribution in [0.2, 0.25) is 0 Å². The Morgan fingerprint density at radius 2 is 1.55 bits per heavy atom. The van der Waals surface area contributed by atoms with Gasteiger partial charge in [-0.25, -0.2) is 0 Å². The zero-order valence-corrected chi connectivity index (χ0v) is 20.2. The van der Waals surface area contributed by atoms with Crippen molar-refractivity contribution in [2.24, 2.45) is 0 Å². The van der Waals surface area contributed by atoms with Gasteiger partial charge in [0.25, 0.3) is 0 Å². The van der Waals surface area contributed by atoms with Gasteiger partial charge in [-0.3, -0.25) is 0 Å². The van der Waals surface area contributed by atoms with Crippen molar-refractivity contribution in [2.75, 3.05) is 12.8 Å². The Kier molecular flexibility index (Phi) is 5.58. The van der Waals surface area contributed by atoms with E-state index in [1.54, 1.807) is 4.94 Å². The van der Waals surface area contributed by atoms with Crippen molar-refractivity contribution in [3.8, 4) is 0 Å². The normalized spacial score (nSPS) is 18.8. The van der Waals surface area contributed by atoms with Gasteiger partial charge in [0.1, 0.15) is 12.5 Å². The lowest BCUT2D eigenvalue weighted by Gasteiger charge is -2.30. The van der Waals surface area contributed by atoms with Crippen LogP contribution in [0.15, 0.2) is 77.7 Å². The number of aryl methyl sites for hydroxylation is 2. The summed E-state index contributed by atoms with van der Waals surface area (Å²) in [4.78, 5) is 1.62. The lowest BCUT2D eigenvalue weighted by Crippen LogP contribution is -2.67. The van der Waals surface area contributed by atoms with Crippen LogP contribution in [0.3, 0.4) is 0 Å². The third-order valence-corrected chi connectivity index (χ3v) is 14.5. The second-order valence-corrected chi connectivity index (χ2v) is 14.6. The van der Waals surface area contributed by atoms with Crippen LogP contribution in [-0.2, 0) is 0 Å². The predicted octanol–water partition coefficient (Wildman–Crippen LogP) is 4.96. The van der Waals surface area contributed by atoms with Gasteiger partial charge in [0.2, 0.25) is 8.07 Å². The second-order valence-electron chi connectivity index (χ2n) is 7.87. The maximum absolute atomic E-state index is 4.64. The fourth-order valence-corrected chi connectivity index (χ4v) is 14.5. The maximum Gasteiger partial charge on any atom is 0.233 e. The van der Waals surface area contributed by atoms with E-state index in [0.29, 0.717) is 0 Å². The minimum atomic E-state index is -2.34. The molecule has 3 aromatic carbocycles. The molecule has 1 aliphatic heterocycles. The quantitative estimate of drug-likeness (QED) is 0.397. The standard InChI is InChI=1S/C26H27P2Si/c1-19-15-16-22(17-20(19)2)29(21-11-7-6-8-12-21)25-14-10-9-13-23(25)24(18-27-3)26(29)28(4)5/h6-17H,3-4,18H2,1-2,5H3/q+1. The Hall–Kier alpha value is -2.04. The van der Waals surface area contributed by atoms with Crippen molar-refractivity contribution < 1.29 is 0 Å². The molecule has 2 unspecified atom stereocenters. The Bertz CT molecular complexity index is 1140. The largest absolute Gasteiger partial charge is 0.233 e. The van der Waals surface area contributed by atoms with Gasteiger partial charge in [0.15, 0.2) is 0 Å². The van der Waals surface area contributed by atoms with Crippen molar-refractivity contribution in [3.05, 3.63) is 94.4 Å². The van der Waals surface area contributed by atoms with Crippen molar-refractivity contribution in [3.63, 3.8) is 0 Å². The van der Waals surface area contributed by atoms with E-state index in [1.807, 2.05) is 0 Å². The highest BCUT2D eigenvalue weighted by Crippen LogP contribution is 2.46. The average Bonchev–Trinajstić information content (AvgIpc) is 3.03. The van der Waals surface area contributed by atoms with Gasteiger partial charge in [0.05, 0.1) is 13.0 Å². The van der Waals surface area contributed by atoms with E-state index in [2.05, 4.69) is 106 Å². The summed E-state index contributed by atoms with van der Waals surface area (Å²) in [7, 11) is -1.66. The summed E-state index contributed by atoms with van der Waals surface area (Å²) in [6.07, 6.45) is 9.82. The monoisotopic (exact) mass is 429 g/mol. The molecule has 0 nitrogen and oxygen atoms in total. The molecule has 1 aliphatic rings. The first-order valence-electron chi connectivity index (χ1n) is 9.95. The summed E-state index contributed by atoms with van der Waals surface area (Å²) in [6, 6.07) is 27.5. The molecule has 0 amide bonds. The number of hydrogen-bond donors (Lipinski definition) is 0. The van der Waals surface area contributed by atoms with Gasteiger partial charge in [-0.15, -0.1) is 8.20 Å². The minimum Gasteiger partial charge on any atom is -0.108 e. The number of hydrogen-bond acceptors (Lipinski definition) is 0. The zero-order valence-electron chi connectivity index (χ0n) is 17.4. The molecule has 0 fully saturated rings. The molecule has 144 valence electrons. The third kappa shape index (κ3) is 3.13. The van der Waals surface area contributed by atoms with Crippen LogP contribution >= 0.6 is 15.7 Å². The van der Waals surface area contributed by atoms with E-state index in [4.69, 9.17) is 0 Å². The molecule has 0 spiro atoms. The van der Waals surface area contributed by atoms with Crippen molar-refractivity contribution in [1.82, 2.24) is 0 Å². The molecule has 4 rings (SSSR count). The van der Waals surface area contributed by atoms with Crippen LogP contribution in [-0.4, -0.2) is 33.5 Å². The van der Waals surface area contributed by atoms with Gasteiger partial charge >= 0.3 is 0 Å². The first kappa shape index (κ1) is 20.2. The van der Waals surface area contributed by atoms with E-state index in [-0.39, 0.29) is 0 Å². The number of allylic oxidation sites excluding steroid dienone is 1. The van der Waals surface area contributed by atoms with Crippen molar-refractivity contribution in [1.29, 1.82) is 0 Å². The van der Waals surface area contributed by atoms with Crippen LogP contribution in [0, 0.1) is 13.8 Å². The zero-order chi connectivity index (χ0) is 20.6. The van der Waals surface area contributed by atoms with Crippen LogP contribution < -0.4 is 15.6 Å². The molecule has 0 saturated heterocycles. The highest BCUT2D eigenvalue weighted by Gasteiger charge is 2.55. The lowest BCUT2D eigenvalue weighted by molar-refractivity contribution is 1.35. The fourth-order valence-electron chi connectivity index (χ4n) is 4.76. The molecular formula is C26H27P2Si+. The van der Waals surface area contributed by atoms with Gasteiger partial charge in [-0.2, -0.15) is 0 Å².